The molecular formula is C24H23F8N3O4S. The summed E-state index contributed by atoms with van der Waals surface area (Å²) in [7, 11) is 0. The van der Waals surface area contributed by atoms with Crippen molar-refractivity contribution in [3.8, 4) is 10.4 Å². The van der Waals surface area contributed by atoms with Crippen LogP contribution in [0.2, 0.25) is 0 Å². The predicted octanol–water partition coefficient (Wildman–Crippen LogP) is 4.94. The molecule has 1 aromatic carbocycles. The van der Waals surface area contributed by atoms with Crippen LogP contribution >= 0.6 is 11.3 Å². The Morgan fingerprint density at radius 3 is 2.25 bits per heavy atom. The van der Waals surface area contributed by atoms with Crippen LogP contribution in [0.4, 0.5) is 35.1 Å². The summed E-state index contributed by atoms with van der Waals surface area (Å²) in [6.07, 6.45) is -15.1. The maximum Gasteiger partial charge on any atom is 0.430 e. The van der Waals surface area contributed by atoms with E-state index in [1.165, 1.54) is 4.90 Å². The van der Waals surface area contributed by atoms with Crippen molar-refractivity contribution in [2.75, 3.05) is 6.54 Å². The summed E-state index contributed by atoms with van der Waals surface area (Å²) in [5.41, 5.74) is -9.74. The highest BCUT2D eigenvalue weighted by atomic mass is 32.1. The zero-order chi connectivity index (χ0) is 29.8. The molecule has 16 heteroatoms. The molecule has 2 aromatic rings. The number of rotatable bonds is 6. The molecule has 2 amide bonds. The fourth-order valence-corrected chi connectivity index (χ4v) is 5.74. The van der Waals surface area contributed by atoms with E-state index in [9.17, 15) is 54.9 Å². The first-order valence-electron chi connectivity index (χ1n) is 12.0. The normalized spacial score (nSPS) is 22.0. The van der Waals surface area contributed by atoms with Crippen LogP contribution in [-0.4, -0.2) is 69.0 Å². The number of amides is 2. The summed E-state index contributed by atoms with van der Waals surface area (Å²) in [4.78, 5) is 31.2. The molecule has 7 nitrogen and oxygen atoms in total. The molecular weight excluding hydrogens is 578 g/mol. The number of hydrogen-bond donors (Lipinski definition) is 3. The molecule has 1 aliphatic carbocycles. The van der Waals surface area contributed by atoms with Crippen molar-refractivity contribution in [2.24, 2.45) is 0 Å². The molecule has 2 fully saturated rings. The van der Waals surface area contributed by atoms with Gasteiger partial charge in [-0.1, -0.05) is 12.1 Å². The van der Waals surface area contributed by atoms with E-state index in [0.29, 0.717) is 30.2 Å². The minimum absolute atomic E-state index is 0.108. The van der Waals surface area contributed by atoms with Gasteiger partial charge in [0.1, 0.15) is 5.69 Å². The highest BCUT2D eigenvalue weighted by Crippen LogP contribution is 2.51. The Bertz CT molecular complexity index is 1280. The van der Waals surface area contributed by atoms with Crippen molar-refractivity contribution >= 4 is 23.2 Å². The summed E-state index contributed by atoms with van der Waals surface area (Å²) in [6.45, 7) is 2.00. The smallest absolute Gasteiger partial charge is 0.393 e. The van der Waals surface area contributed by atoms with Crippen molar-refractivity contribution in [3.05, 3.63) is 40.0 Å². The Labute approximate surface area is 225 Å². The molecule has 0 spiro atoms. The van der Waals surface area contributed by atoms with Gasteiger partial charge in [0.05, 0.1) is 11.0 Å². The number of thiazole rings is 1. The molecule has 40 heavy (non-hydrogen) atoms. The summed E-state index contributed by atoms with van der Waals surface area (Å²) < 4.78 is 109. The number of halogens is 8. The maximum atomic E-state index is 14.1. The van der Waals surface area contributed by atoms with Crippen LogP contribution in [0.1, 0.15) is 70.4 Å². The third-order valence-corrected chi connectivity index (χ3v) is 8.14. The first-order chi connectivity index (χ1) is 18.5. The lowest BCUT2D eigenvalue weighted by atomic mass is 9.89. The van der Waals surface area contributed by atoms with Crippen molar-refractivity contribution in [2.45, 2.75) is 75.2 Å². The largest absolute Gasteiger partial charge is 0.430 e. The number of likely N-dealkylation sites (tertiary alicyclic amines) is 1. The molecule has 220 valence electrons. The van der Waals surface area contributed by atoms with E-state index in [0.717, 1.165) is 0 Å². The van der Waals surface area contributed by atoms with Gasteiger partial charge >= 0.3 is 12.4 Å². The van der Waals surface area contributed by atoms with E-state index < -0.39 is 70.7 Å². The van der Waals surface area contributed by atoms with Gasteiger partial charge < -0.3 is 20.4 Å². The molecule has 3 N–H and O–H groups in total. The molecule has 1 saturated heterocycles. The van der Waals surface area contributed by atoms with Crippen molar-refractivity contribution in [1.82, 2.24) is 15.2 Å². The molecule has 1 saturated carbocycles. The van der Waals surface area contributed by atoms with Gasteiger partial charge in [0, 0.05) is 35.3 Å². The average Bonchev–Trinajstić information content (AvgIpc) is 3.47. The topological polar surface area (TPSA) is 103 Å². The molecule has 1 aliphatic heterocycles. The van der Waals surface area contributed by atoms with Gasteiger partial charge in [0.2, 0.25) is 0 Å². The number of aromatic nitrogens is 1. The zero-order valence-electron chi connectivity index (χ0n) is 20.6. The van der Waals surface area contributed by atoms with Gasteiger partial charge in [-0.15, -0.1) is 11.3 Å². The van der Waals surface area contributed by atoms with Crippen molar-refractivity contribution in [3.63, 3.8) is 0 Å². The lowest BCUT2D eigenvalue weighted by Gasteiger charge is -2.33. The minimum Gasteiger partial charge on any atom is -0.393 e. The van der Waals surface area contributed by atoms with E-state index in [4.69, 9.17) is 0 Å². The molecule has 4 rings (SSSR count). The van der Waals surface area contributed by atoms with E-state index in [-0.39, 0.29) is 47.4 Å². The van der Waals surface area contributed by atoms with Crippen molar-refractivity contribution < 1.29 is 54.9 Å². The van der Waals surface area contributed by atoms with Gasteiger partial charge in [-0.25, -0.2) is 13.8 Å². The molecule has 0 bridgehead atoms. The van der Waals surface area contributed by atoms with Gasteiger partial charge in [-0.3, -0.25) is 9.59 Å². The van der Waals surface area contributed by atoms with Crippen LogP contribution < -0.4 is 5.32 Å². The number of nitrogens with one attached hydrogen (secondary N) is 1. The number of carbonyl (C=O) groups is 2. The second-order valence-corrected chi connectivity index (χ2v) is 10.8. The Morgan fingerprint density at radius 2 is 1.75 bits per heavy atom. The monoisotopic (exact) mass is 601 g/mol. The molecule has 2 heterocycles. The third kappa shape index (κ3) is 5.28. The summed E-state index contributed by atoms with van der Waals surface area (Å²) in [6, 6.07) is -0.0826. The molecule has 1 aromatic heterocycles. The fraction of sp³-hybridized carbons (Fsp3) is 0.542. The molecule has 1 atom stereocenters. The Balaban J connectivity index is 1.85. The lowest BCUT2D eigenvalue weighted by molar-refractivity contribution is -0.376. The number of aliphatic hydroxyl groups excluding tert-OH is 1. The minimum atomic E-state index is -6.30. The highest BCUT2D eigenvalue weighted by molar-refractivity contribution is 7.17. The number of nitrogens with zero attached hydrogens (tertiary/aromatic N) is 2. The van der Waals surface area contributed by atoms with Crippen LogP contribution in [0.5, 0.6) is 0 Å². The number of hydrogen-bond acceptors (Lipinski definition) is 6. The molecule has 0 radical (unpaired) electrons. The van der Waals surface area contributed by atoms with Gasteiger partial charge in [-0.2, -0.15) is 26.3 Å². The van der Waals surface area contributed by atoms with E-state index >= 15 is 0 Å². The maximum absolute atomic E-state index is 14.1. The first kappa shape index (κ1) is 30.1. The third-order valence-electron chi connectivity index (χ3n) is 7.06. The fourth-order valence-electron chi connectivity index (χ4n) is 4.73. The van der Waals surface area contributed by atoms with Crippen LogP contribution in [0.15, 0.2) is 18.2 Å². The Hall–Kier alpha value is -2.85. The number of alkyl halides is 8. The van der Waals surface area contributed by atoms with E-state index in [1.54, 1.807) is 6.92 Å². The number of carbonyl (C=O) groups excluding carboxylic acids is 2. The molecule has 2 aliphatic rings. The second-order valence-electron chi connectivity index (χ2n) is 9.79. The number of aliphatic hydroxyl groups is 2. The second kappa shape index (κ2) is 10.5. The van der Waals surface area contributed by atoms with Crippen LogP contribution in [0.25, 0.3) is 10.4 Å². The van der Waals surface area contributed by atoms with Gasteiger partial charge in [0.25, 0.3) is 23.8 Å². The summed E-state index contributed by atoms with van der Waals surface area (Å²) in [5.74, 6) is -1.55. The summed E-state index contributed by atoms with van der Waals surface area (Å²) in [5, 5.41) is 21.4. The van der Waals surface area contributed by atoms with Gasteiger partial charge in [-0.05, 0) is 38.7 Å². The molecule has 0 unspecified atom stereocenters. The lowest BCUT2D eigenvalue weighted by Crippen LogP contribution is -2.54. The van der Waals surface area contributed by atoms with Gasteiger partial charge in [0.15, 0.2) is 5.01 Å². The van der Waals surface area contributed by atoms with Crippen LogP contribution in [0.3, 0.4) is 0 Å². The van der Waals surface area contributed by atoms with E-state index in [2.05, 4.69) is 10.3 Å². The van der Waals surface area contributed by atoms with Crippen molar-refractivity contribution in [1.29, 1.82) is 0 Å². The van der Waals surface area contributed by atoms with Crippen LogP contribution in [-0.2, 0) is 5.60 Å². The van der Waals surface area contributed by atoms with Crippen LogP contribution in [0, 0.1) is 0 Å². The zero-order valence-corrected chi connectivity index (χ0v) is 21.4. The predicted molar refractivity (Wildman–Crippen MR) is 125 cm³/mol. The SMILES string of the molecule is C[C@H]1CCCN1C(=O)c1nc(C(=O)NC2CC(O)C2)sc1-c1ccc(C(O)(C(F)(F)F)C(F)(F)F)cc1C(F)F. The average molecular weight is 602 g/mol. The highest BCUT2D eigenvalue weighted by Gasteiger charge is 2.71. The Morgan fingerprint density at radius 1 is 1.12 bits per heavy atom. The Kier molecular flexibility index (Phi) is 7.92. The summed E-state index contributed by atoms with van der Waals surface area (Å²) >= 11 is 0.469. The quantitative estimate of drug-likeness (QED) is 0.408. The number of benzene rings is 1. The first-order valence-corrected chi connectivity index (χ1v) is 12.9. The standard InChI is InChI=1S/C24H23F8N3O4S/c1-10-3-2-6-35(10)21(38)16-17(40-20(34-16)19(37)33-12-8-13(36)9-12)14-5-4-11(7-15(14)18(25)26)22(39,23(27,28)29)24(30,31)32/h4-5,7,10,12-13,18,36,39H,2-3,6,8-9H2,1H3,(H,33,37)/t10-,12?,13?/m0/s1. The van der Waals surface area contributed by atoms with E-state index in [1.807, 2.05) is 0 Å².